The average Bonchev–Trinajstić information content (AvgIpc) is 2.98. The van der Waals surface area contributed by atoms with Crippen molar-refractivity contribution in [2.75, 3.05) is 12.9 Å². The highest BCUT2D eigenvalue weighted by atomic mass is 35.5. The topological polar surface area (TPSA) is 81.7 Å². The monoisotopic (exact) mass is 423 g/mol. The van der Waals surface area contributed by atoms with E-state index in [1.165, 1.54) is 18.2 Å². The summed E-state index contributed by atoms with van der Waals surface area (Å²) in [5, 5.41) is 2.89. The van der Waals surface area contributed by atoms with Gasteiger partial charge in [0.15, 0.2) is 9.84 Å². The SMILES string of the molecule is CCOc1cc2c(cc1CNC(=O)c1ccc(Cl)c(S(C)(=O)=O)c1)O[C@H](C)C2. The first-order valence-electron chi connectivity index (χ1n) is 8.92. The lowest BCUT2D eigenvalue weighted by Gasteiger charge is -2.14. The summed E-state index contributed by atoms with van der Waals surface area (Å²) in [5.41, 5.74) is 2.09. The minimum Gasteiger partial charge on any atom is -0.494 e. The Balaban J connectivity index is 1.81. The molecule has 0 aliphatic carbocycles. The van der Waals surface area contributed by atoms with Gasteiger partial charge in [-0.1, -0.05) is 11.6 Å². The number of fused-ring (bicyclic) bond motifs is 1. The van der Waals surface area contributed by atoms with Crippen molar-refractivity contribution in [3.63, 3.8) is 0 Å². The molecule has 150 valence electrons. The molecule has 1 aliphatic rings. The molecule has 0 bridgehead atoms. The molecule has 8 heteroatoms. The summed E-state index contributed by atoms with van der Waals surface area (Å²) in [6.45, 7) is 4.62. The fourth-order valence-electron chi connectivity index (χ4n) is 3.12. The minimum atomic E-state index is -3.53. The Morgan fingerprint density at radius 3 is 2.75 bits per heavy atom. The second-order valence-electron chi connectivity index (χ2n) is 6.73. The normalized spacial score (nSPS) is 15.6. The fourth-order valence-corrected chi connectivity index (χ4v) is 4.42. The molecule has 28 heavy (non-hydrogen) atoms. The summed E-state index contributed by atoms with van der Waals surface area (Å²) >= 11 is 5.94. The van der Waals surface area contributed by atoms with Gasteiger partial charge < -0.3 is 14.8 Å². The van der Waals surface area contributed by atoms with Crippen molar-refractivity contribution >= 4 is 27.3 Å². The highest BCUT2D eigenvalue weighted by Crippen LogP contribution is 2.35. The number of carbonyl (C=O) groups excluding carboxylic acids is 1. The van der Waals surface area contributed by atoms with Crippen molar-refractivity contribution in [2.24, 2.45) is 0 Å². The van der Waals surface area contributed by atoms with Crippen LogP contribution in [0.1, 0.15) is 35.3 Å². The van der Waals surface area contributed by atoms with E-state index in [1.807, 2.05) is 26.0 Å². The molecule has 1 aliphatic heterocycles. The summed E-state index contributed by atoms with van der Waals surface area (Å²) in [4.78, 5) is 12.5. The molecule has 1 atom stereocenters. The van der Waals surface area contributed by atoms with Crippen LogP contribution in [-0.2, 0) is 22.8 Å². The van der Waals surface area contributed by atoms with E-state index in [0.717, 1.165) is 29.6 Å². The zero-order chi connectivity index (χ0) is 20.5. The number of halogens is 1. The molecule has 0 unspecified atom stereocenters. The van der Waals surface area contributed by atoms with Gasteiger partial charge in [0.05, 0.1) is 16.5 Å². The molecule has 2 aromatic carbocycles. The van der Waals surface area contributed by atoms with E-state index in [4.69, 9.17) is 21.1 Å². The second-order valence-corrected chi connectivity index (χ2v) is 9.12. The predicted octanol–water partition coefficient (Wildman–Crippen LogP) is 3.40. The van der Waals surface area contributed by atoms with Crippen LogP contribution in [0.3, 0.4) is 0 Å². The summed E-state index contributed by atoms with van der Waals surface area (Å²) < 4.78 is 35.1. The van der Waals surface area contributed by atoms with Gasteiger partial charge in [-0.2, -0.15) is 0 Å². The van der Waals surface area contributed by atoms with Gasteiger partial charge in [-0.15, -0.1) is 0 Å². The van der Waals surface area contributed by atoms with Crippen LogP contribution >= 0.6 is 11.6 Å². The van der Waals surface area contributed by atoms with Crippen LogP contribution in [0, 0.1) is 0 Å². The van der Waals surface area contributed by atoms with Crippen molar-refractivity contribution in [1.82, 2.24) is 5.32 Å². The number of amides is 1. The van der Waals surface area contributed by atoms with E-state index < -0.39 is 15.7 Å². The molecule has 1 N–H and O–H groups in total. The standard InChI is InChI=1S/C20H22ClNO5S/c1-4-26-17-8-14-7-12(2)27-18(14)9-15(17)11-22-20(23)13-5-6-16(21)19(10-13)28(3,24)25/h5-6,8-10,12H,4,7,11H2,1-3H3,(H,22,23)/t12-/m1/s1. The van der Waals surface area contributed by atoms with Gasteiger partial charge in [0.1, 0.15) is 17.6 Å². The van der Waals surface area contributed by atoms with Crippen molar-refractivity contribution in [2.45, 2.75) is 37.8 Å². The molecule has 0 spiro atoms. The van der Waals surface area contributed by atoms with Gasteiger partial charge in [0.2, 0.25) is 0 Å². The molecule has 0 saturated heterocycles. The molecule has 6 nitrogen and oxygen atoms in total. The largest absolute Gasteiger partial charge is 0.494 e. The van der Waals surface area contributed by atoms with E-state index in [9.17, 15) is 13.2 Å². The third-order valence-electron chi connectivity index (χ3n) is 4.41. The smallest absolute Gasteiger partial charge is 0.251 e. The predicted molar refractivity (Wildman–Crippen MR) is 107 cm³/mol. The number of hydrogen-bond acceptors (Lipinski definition) is 5. The van der Waals surface area contributed by atoms with Crippen molar-refractivity contribution in [3.05, 3.63) is 52.0 Å². The molecule has 1 amide bonds. The first kappa shape index (κ1) is 20.5. The zero-order valence-electron chi connectivity index (χ0n) is 15.9. The van der Waals surface area contributed by atoms with Gasteiger partial charge >= 0.3 is 0 Å². The van der Waals surface area contributed by atoms with Crippen LogP contribution in [0.2, 0.25) is 5.02 Å². The van der Waals surface area contributed by atoms with Crippen LogP contribution in [0.25, 0.3) is 0 Å². The van der Waals surface area contributed by atoms with Crippen LogP contribution < -0.4 is 14.8 Å². The number of benzene rings is 2. The maximum Gasteiger partial charge on any atom is 0.251 e. The molecule has 3 rings (SSSR count). The van der Waals surface area contributed by atoms with Crippen LogP contribution in [0.4, 0.5) is 0 Å². The summed E-state index contributed by atoms with van der Waals surface area (Å²) in [6, 6.07) is 8.01. The molecule has 0 fully saturated rings. The van der Waals surface area contributed by atoms with Crippen molar-refractivity contribution in [3.8, 4) is 11.5 Å². The lowest BCUT2D eigenvalue weighted by atomic mass is 10.1. The Kier molecular flexibility index (Phi) is 5.86. The Labute approximate surface area is 169 Å². The van der Waals surface area contributed by atoms with Crippen molar-refractivity contribution < 1.29 is 22.7 Å². The maximum atomic E-state index is 12.5. The van der Waals surface area contributed by atoms with Crippen molar-refractivity contribution in [1.29, 1.82) is 0 Å². The number of nitrogens with one attached hydrogen (secondary N) is 1. The molecule has 2 aromatic rings. The zero-order valence-corrected chi connectivity index (χ0v) is 17.5. The van der Waals surface area contributed by atoms with E-state index in [0.29, 0.717) is 12.4 Å². The van der Waals surface area contributed by atoms with E-state index in [2.05, 4.69) is 5.32 Å². The molecule has 0 saturated carbocycles. The Morgan fingerprint density at radius 2 is 2.07 bits per heavy atom. The average molecular weight is 424 g/mol. The van der Waals surface area contributed by atoms with E-state index in [-0.39, 0.29) is 28.1 Å². The van der Waals surface area contributed by atoms with Gasteiger partial charge in [0.25, 0.3) is 5.91 Å². The van der Waals surface area contributed by atoms with Gasteiger partial charge in [-0.05, 0) is 44.2 Å². The molecular formula is C20H22ClNO5S. The van der Waals surface area contributed by atoms with Crippen LogP contribution in [-0.4, -0.2) is 33.3 Å². The maximum absolute atomic E-state index is 12.5. The first-order chi connectivity index (χ1) is 13.2. The quantitative estimate of drug-likeness (QED) is 0.770. The molecule has 0 aromatic heterocycles. The first-order valence-corrected chi connectivity index (χ1v) is 11.2. The van der Waals surface area contributed by atoms with Crippen LogP contribution in [0.15, 0.2) is 35.2 Å². The number of hydrogen-bond donors (Lipinski definition) is 1. The summed E-state index contributed by atoms with van der Waals surface area (Å²) in [6.07, 6.45) is 1.98. The summed E-state index contributed by atoms with van der Waals surface area (Å²) in [7, 11) is -3.53. The van der Waals surface area contributed by atoms with E-state index in [1.54, 1.807) is 0 Å². The highest BCUT2D eigenvalue weighted by Gasteiger charge is 2.22. The third kappa shape index (κ3) is 4.42. The second kappa shape index (κ2) is 8.01. The number of carbonyl (C=O) groups is 1. The van der Waals surface area contributed by atoms with Crippen LogP contribution in [0.5, 0.6) is 11.5 Å². The number of sulfone groups is 1. The molecule has 1 heterocycles. The number of rotatable bonds is 6. The molecular weight excluding hydrogens is 402 g/mol. The summed E-state index contributed by atoms with van der Waals surface area (Å²) in [5.74, 6) is 1.09. The Hall–Kier alpha value is -2.25. The van der Waals surface area contributed by atoms with Gasteiger partial charge in [0, 0.05) is 35.9 Å². The Bertz CT molecular complexity index is 1020. The van der Waals surface area contributed by atoms with E-state index >= 15 is 0 Å². The number of ether oxygens (including phenoxy) is 2. The lowest BCUT2D eigenvalue weighted by Crippen LogP contribution is -2.23. The van der Waals surface area contributed by atoms with Gasteiger partial charge in [-0.3, -0.25) is 4.79 Å². The fraction of sp³-hybridized carbons (Fsp3) is 0.350. The Morgan fingerprint density at radius 1 is 1.32 bits per heavy atom. The minimum absolute atomic E-state index is 0.0725. The van der Waals surface area contributed by atoms with Gasteiger partial charge in [-0.25, -0.2) is 8.42 Å². The lowest BCUT2D eigenvalue weighted by molar-refractivity contribution is 0.0950. The molecule has 0 radical (unpaired) electrons. The highest BCUT2D eigenvalue weighted by molar-refractivity contribution is 7.90. The third-order valence-corrected chi connectivity index (χ3v) is 5.99.